The maximum Gasteiger partial charge on any atom is 0.245 e. The molecule has 0 aliphatic rings. The molecule has 0 amide bonds. The molecule has 0 aliphatic heterocycles. The molecule has 0 fully saturated rings. The number of furan rings is 1. The van der Waals surface area contributed by atoms with Crippen molar-refractivity contribution in [3.63, 3.8) is 0 Å². The van der Waals surface area contributed by atoms with Crippen molar-refractivity contribution in [1.82, 2.24) is 15.2 Å². The first-order chi connectivity index (χ1) is 12.2. The molecular formula is C16H16ClN5O3. The van der Waals surface area contributed by atoms with E-state index in [1.807, 2.05) is 12.1 Å². The van der Waals surface area contributed by atoms with E-state index < -0.39 is 0 Å². The van der Waals surface area contributed by atoms with E-state index in [1.54, 1.807) is 32.6 Å². The molecule has 0 bridgehead atoms. The summed E-state index contributed by atoms with van der Waals surface area (Å²) in [6.07, 6.45) is 3.10. The van der Waals surface area contributed by atoms with Gasteiger partial charge in [0.05, 0.1) is 43.9 Å². The van der Waals surface area contributed by atoms with Crippen molar-refractivity contribution < 1.29 is 13.9 Å². The van der Waals surface area contributed by atoms with E-state index in [1.165, 1.54) is 6.20 Å². The molecule has 8 nitrogen and oxygen atoms in total. The van der Waals surface area contributed by atoms with Crippen LogP contribution in [0.2, 0.25) is 5.02 Å². The number of anilines is 3. The highest BCUT2D eigenvalue weighted by molar-refractivity contribution is 6.32. The summed E-state index contributed by atoms with van der Waals surface area (Å²) in [6, 6.07) is 7.05. The molecule has 130 valence electrons. The number of ether oxygens (including phenoxy) is 2. The second kappa shape index (κ2) is 7.71. The fourth-order valence-electron chi connectivity index (χ4n) is 2.11. The van der Waals surface area contributed by atoms with Crippen LogP contribution in [0.3, 0.4) is 0 Å². The van der Waals surface area contributed by atoms with E-state index in [4.69, 9.17) is 25.5 Å². The Labute approximate surface area is 149 Å². The summed E-state index contributed by atoms with van der Waals surface area (Å²) in [6.45, 7) is 0.455. The van der Waals surface area contributed by atoms with Gasteiger partial charge in [0.1, 0.15) is 17.3 Å². The molecule has 0 spiro atoms. The van der Waals surface area contributed by atoms with E-state index in [9.17, 15) is 0 Å². The maximum absolute atomic E-state index is 6.11. The first-order valence-electron chi connectivity index (χ1n) is 7.34. The van der Waals surface area contributed by atoms with Crippen molar-refractivity contribution in [2.75, 3.05) is 24.9 Å². The zero-order valence-electron chi connectivity index (χ0n) is 13.6. The Bertz CT molecular complexity index is 842. The van der Waals surface area contributed by atoms with Crippen molar-refractivity contribution in [1.29, 1.82) is 0 Å². The molecule has 3 rings (SSSR count). The highest BCUT2D eigenvalue weighted by atomic mass is 35.5. The Morgan fingerprint density at radius 2 is 2.04 bits per heavy atom. The van der Waals surface area contributed by atoms with Gasteiger partial charge in [-0.25, -0.2) is 0 Å². The summed E-state index contributed by atoms with van der Waals surface area (Å²) in [5, 5.41) is 14.5. The van der Waals surface area contributed by atoms with E-state index >= 15 is 0 Å². The molecular weight excluding hydrogens is 346 g/mol. The first kappa shape index (κ1) is 16.8. The predicted octanol–water partition coefficient (Wildman–Crippen LogP) is 3.49. The van der Waals surface area contributed by atoms with E-state index in [0.717, 1.165) is 5.76 Å². The number of halogens is 1. The van der Waals surface area contributed by atoms with Crippen LogP contribution in [0.15, 0.2) is 41.1 Å². The maximum atomic E-state index is 6.11. The molecule has 2 aromatic heterocycles. The second-order valence-electron chi connectivity index (χ2n) is 4.91. The predicted molar refractivity (Wildman–Crippen MR) is 93.7 cm³/mol. The van der Waals surface area contributed by atoms with Crippen LogP contribution in [0.5, 0.6) is 11.5 Å². The van der Waals surface area contributed by atoms with Crippen molar-refractivity contribution in [2.24, 2.45) is 0 Å². The van der Waals surface area contributed by atoms with Gasteiger partial charge in [0.15, 0.2) is 5.82 Å². The quantitative estimate of drug-likeness (QED) is 0.660. The SMILES string of the molecule is COc1cc(Nc2cnnc(NCc3ccco3)n2)c(OC)cc1Cl. The lowest BCUT2D eigenvalue weighted by atomic mass is 10.2. The van der Waals surface area contributed by atoms with Crippen LogP contribution in [-0.4, -0.2) is 29.4 Å². The van der Waals surface area contributed by atoms with Gasteiger partial charge in [-0.05, 0) is 12.1 Å². The number of rotatable bonds is 7. The Morgan fingerprint density at radius 1 is 1.20 bits per heavy atom. The van der Waals surface area contributed by atoms with Crippen LogP contribution in [0.4, 0.5) is 17.5 Å². The molecule has 0 saturated carbocycles. The zero-order valence-corrected chi connectivity index (χ0v) is 14.4. The third-order valence-electron chi connectivity index (χ3n) is 3.30. The molecule has 25 heavy (non-hydrogen) atoms. The normalized spacial score (nSPS) is 10.4. The molecule has 0 atom stereocenters. The lowest BCUT2D eigenvalue weighted by molar-refractivity contribution is 0.405. The van der Waals surface area contributed by atoms with E-state index in [2.05, 4.69) is 25.8 Å². The summed E-state index contributed by atoms with van der Waals surface area (Å²) in [5.41, 5.74) is 0.640. The molecule has 2 heterocycles. The minimum absolute atomic E-state index is 0.362. The Balaban J connectivity index is 1.77. The number of nitrogens with one attached hydrogen (secondary N) is 2. The third-order valence-corrected chi connectivity index (χ3v) is 3.59. The van der Waals surface area contributed by atoms with Gasteiger partial charge in [0.25, 0.3) is 0 Å². The Kier molecular flexibility index (Phi) is 5.20. The lowest BCUT2D eigenvalue weighted by Gasteiger charge is -2.13. The highest BCUT2D eigenvalue weighted by Gasteiger charge is 2.11. The van der Waals surface area contributed by atoms with Gasteiger partial charge >= 0.3 is 0 Å². The van der Waals surface area contributed by atoms with Gasteiger partial charge in [-0.2, -0.15) is 10.1 Å². The summed E-state index contributed by atoms with van der Waals surface area (Å²) >= 11 is 6.11. The third kappa shape index (κ3) is 4.10. The topological polar surface area (TPSA) is 94.3 Å². The van der Waals surface area contributed by atoms with Crippen molar-refractivity contribution in [3.05, 3.63) is 47.5 Å². The fourth-order valence-corrected chi connectivity index (χ4v) is 2.34. The molecule has 9 heteroatoms. The van der Waals surface area contributed by atoms with Crippen LogP contribution in [0.1, 0.15) is 5.76 Å². The van der Waals surface area contributed by atoms with Crippen molar-refractivity contribution in [3.8, 4) is 11.5 Å². The van der Waals surface area contributed by atoms with Gasteiger partial charge in [0, 0.05) is 12.1 Å². The van der Waals surface area contributed by atoms with Crippen LogP contribution >= 0.6 is 11.6 Å². The van der Waals surface area contributed by atoms with Gasteiger partial charge in [-0.1, -0.05) is 11.6 Å². The molecule has 0 aliphatic carbocycles. The molecule has 3 aromatic rings. The first-order valence-corrected chi connectivity index (χ1v) is 7.72. The standard InChI is InChI=1S/C16H16ClN5O3/c1-23-13-7-12(14(24-2)6-11(13)17)20-15-9-19-22-16(21-15)18-8-10-4-3-5-25-10/h3-7,9H,8H2,1-2H3,(H2,18,20,21,22). The monoisotopic (exact) mass is 361 g/mol. The summed E-state index contributed by atoms with van der Waals surface area (Å²) < 4.78 is 15.8. The summed E-state index contributed by atoms with van der Waals surface area (Å²) in [5.74, 6) is 2.68. The van der Waals surface area contributed by atoms with Gasteiger partial charge in [-0.15, -0.1) is 5.10 Å². The Morgan fingerprint density at radius 3 is 2.76 bits per heavy atom. The molecule has 0 radical (unpaired) electrons. The Hall–Kier alpha value is -3.00. The van der Waals surface area contributed by atoms with Crippen LogP contribution in [-0.2, 0) is 6.54 Å². The summed E-state index contributed by atoms with van der Waals surface area (Å²) in [4.78, 5) is 4.35. The smallest absolute Gasteiger partial charge is 0.245 e. The van der Waals surface area contributed by atoms with Crippen molar-refractivity contribution in [2.45, 2.75) is 6.54 Å². The lowest BCUT2D eigenvalue weighted by Crippen LogP contribution is -2.06. The van der Waals surface area contributed by atoms with Crippen LogP contribution in [0, 0.1) is 0 Å². The fraction of sp³-hybridized carbons (Fsp3) is 0.188. The molecule has 2 N–H and O–H groups in total. The zero-order chi connectivity index (χ0) is 17.6. The largest absolute Gasteiger partial charge is 0.495 e. The highest BCUT2D eigenvalue weighted by Crippen LogP contribution is 2.37. The van der Waals surface area contributed by atoms with E-state index in [-0.39, 0.29) is 0 Å². The van der Waals surface area contributed by atoms with Gasteiger partial charge in [-0.3, -0.25) is 0 Å². The minimum atomic E-state index is 0.362. The van der Waals surface area contributed by atoms with Crippen LogP contribution in [0.25, 0.3) is 0 Å². The number of methoxy groups -OCH3 is 2. The average molecular weight is 362 g/mol. The second-order valence-corrected chi connectivity index (χ2v) is 5.32. The molecule has 0 unspecified atom stereocenters. The van der Waals surface area contributed by atoms with Crippen LogP contribution < -0.4 is 20.1 Å². The minimum Gasteiger partial charge on any atom is -0.495 e. The number of nitrogens with zero attached hydrogens (tertiary/aromatic N) is 3. The summed E-state index contributed by atoms with van der Waals surface area (Å²) in [7, 11) is 3.10. The van der Waals surface area contributed by atoms with Crippen molar-refractivity contribution >= 4 is 29.1 Å². The van der Waals surface area contributed by atoms with Gasteiger partial charge in [0.2, 0.25) is 5.95 Å². The molecule has 0 saturated heterocycles. The van der Waals surface area contributed by atoms with Gasteiger partial charge < -0.3 is 24.5 Å². The number of hydrogen-bond acceptors (Lipinski definition) is 8. The number of benzene rings is 1. The number of hydrogen-bond donors (Lipinski definition) is 2. The average Bonchev–Trinajstić information content (AvgIpc) is 3.15. The number of aromatic nitrogens is 3. The van der Waals surface area contributed by atoms with E-state index in [0.29, 0.717) is 40.5 Å². The molecule has 1 aromatic carbocycles.